The third kappa shape index (κ3) is 5.36. The molecular formula is C14H27NO3. The molecule has 1 N–H and O–H groups in total. The van der Waals surface area contributed by atoms with E-state index in [1.165, 1.54) is 19.3 Å². The number of ether oxygens (including phenoxy) is 2. The molecule has 0 radical (unpaired) electrons. The molecule has 0 aliphatic heterocycles. The Balaban J connectivity index is 2.10. The Morgan fingerprint density at radius 3 is 2.67 bits per heavy atom. The van der Waals surface area contributed by atoms with Gasteiger partial charge in [0.2, 0.25) is 0 Å². The number of nitrogens with one attached hydrogen (secondary N) is 1. The van der Waals surface area contributed by atoms with E-state index in [1.54, 1.807) is 7.05 Å². The van der Waals surface area contributed by atoms with Gasteiger partial charge in [-0.1, -0.05) is 12.8 Å². The molecule has 0 aromatic carbocycles. The molecule has 0 amide bonds. The standard InChI is InChI=1S/C14H27NO3/c1-4-18-13(16)14(2,15-3)9-5-10-17-11-8-12-6-7-12/h12,15H,4-11H2,1-3H3. The number of likely N-dealkylation sites (N-methyl/N-ethyl adjacent to an activating group) is 1. The average molecular weight is 257 g/mol. The van der Waals surface area contributed by atoms with Gasteiger partial charge >= 0.3 is 5.97 Å². The molecule has 1 rings (SSSR count). The highest BCUT2D eigenvalue weighted by atomic mass is 16.5. The third-order valence-corrected chi connectivity index (χ3v) is 3.61. The van der Waals surface area contributed by atoms with E-state index in [0.717, 1.165) is 32.0 Å². The summed E-state index contributed by atoms with van der Waals surface area (Å²) in [6.45, 7) is 5.72. The summed E-state index contributed by atoms with van der Waals surface area (Å²) in [6, 6.07) is 0. The van der Waals surface area contributed by atoms with Crippen molar-refractivity contribution >= 4 is 5.97 Å². The normalized spacial score (nSPS) is 18.4. The van der Waals surface area contributed by atoms with E-state index in [1.807, 2.05) is 13.8 Å². The molecule has 0 aromatic rings. The summed E-state index contributed by atoms with van der Waals surface area (Å²) in [6.07, 6.45) is 5.57. The van der Waals surface area contributed by atoms with Crippen molar-refractivity contribution < 1.29 is 14.3 Å². The van der Waals surface area contributed by atoms with E-state index >= 15 is 0 Å². The molecular weight excluding hydrogens is 230 g/mol. The van der Waals surface area contributed by atoms with Gasteiger partial charge in [0, 0.05) is 13.2 Å². The molecule has 0 heterocycles. The zero-order valence-electron chi connectivity index (χ0n) is 12.0. The SMILES string of the molecule is CCOC(=O)C(C)(CCCOCCC1CC1)NC. The first-order valence-electron chi connectivity index (χ1n) is 7.06. The Kier molecular flexibility index (Phi) is 6.65. The largest absolute Gasteiger partial charge is 0.465 e. The lowest BCUT2D eigenvalue weighted by atomic mass is 9.96. The van der Waals surface area contributed by atoms with Gasteiger partial charge in [-0.3, -0.25) is 4.79 Å². The molecule has 18 heavy (non-hydrogen) atoms. The number of esters is 1. The van der Waals surface area contributed by atoms with Gasteiger partial charge in [-0.25, -0.2) is 0 Å². The Bertz CT molecular complexity index is 253. The van der Waals surface area contributed by atoms with Crippen LogP contribution in [0.25, 0.3) is 0 Å². The maximum Gasteiger partial charge on any atom is 0.326 e. The first kappa shape index (κ1) is 15.4. The van der Waals surface area contributed by atoms with Gasteiger partial charge in [-0.15, -0.1) is 0 Å². The lowest BCUT2D eigenvalue weighted by Gasteiger charge is -2.26. The molecule has 106 valence electrons. The van der Waals surface area contributed by atoms with Crippen LogP contribution in [0.2, 0.25) is 0 Å². The molecule has 1 aliphatic carbocycles. The van der Waals surface area contributed by atoms with Gasteiger partial charge in [-0.05, 0) is 46.1 Å². The minimum Gasteiger partial charge on any atom is -0.465 e. The summed E-state index contributed by atoms with van der Waals surface area (Å²) in [5.41, 5.74) is -0.587. The second-order valence-electron chi connectivity index (χ2n) is 5.25. The first-order chi connectivity index (χ1) is 8.62. The second kappa shape index (κ2) is 7.74. The molecule has 0 saturated heterocycles. The van der Waals surface area contributed by atoms with Crippen LogP contribution in [-0.2, 0) is 14.3 Å². The van der Waals surface area contributed by atoms with Crippen LogP contribution in [0.4, 0.5) is 0 Å². The molecule has 1 fully saturated rings. The highest BCUT2D eigenvalue weighted by Gasteiger charge is 2.32. The van der Waals surface area contributed by atoms with Crippen molar-refractivity contribution in [1.82, 2.24) is 5.32 Å². The Labute approximate surface area is 110 Å². The summed E-state index contributed by atoms with van der Waals surface area (Å²) < 4.78 is 10.7. The molecule has 0 spiro atoms. The minimum atomic E-state index is -0.587. The maximum absolute atomic E-state index is 11.8. The van der Waals surface area contributed by atoms with Crippen molar-refractivity contribution in [3.8, 4) is 0 Å². The van der Waals surface area contributed by atoms with Gasteiger partial charge in [0.05, 0.1) is 6.61 Å². The topological polar surface area (TPSA) is 47.6 Å². The zero-order valence-corrected chi connectivity index (χ0v) is 12.0. The van der Waals surface area contributed by atoms with E-state index in [0.29, 0.717) is 6.61 Å². The number of hydrogen-bond acceptors (Lipinski definition) is 4. The monoisotopic (exact) mass is 257 g/mol. The minimum absolute atomic E-state index is 0.175. The summed E-state index contributed by atoms with van der Waals surface area (Å²) in [4.78, 5) is 11.8. The number of carbonyl (C=O) groups excluding carboxylic acids is 1. The van der Waals surface area contributed by atoms with Crippen LogP contribution < -0.4 is 5.32 Å². The van der Waals surface area contributed by atoms with E-state index < -0.39 is 5.54 Å². The Morgan fingerprint density at radius 2 is 2.11 bits per heavy atom. The highest BCUT2D eigenvalue weighted by molar-refractivity contribution is 5.80. The zero-order chi connectivity index (χ0) is 13.4. The maximum atomic E-state index is 11.8. The fourth-order valence-electron chi connectivity index (χ4n) is 1.91. The van der Waals surface area contributed by atoms with Gasteiger partial charge in [0.1, 0.15) is 5.54 Å². The number of hydrogen-bond donors (Lipinski definition) is 1. The molecule has 1 atom stereocenters. The first-order valence-corrected chi connectivity index (χ1v) is 7.06. The predicted octanol–water partition coefficient (Wildman–Crippen LogP) is 2.12. The van der Waals surface area contributed by atoms with Crippen LogP contribution >= 0.6 is 0 Å². The van der Waals surface area contributed by atoms with E-state index in [9.17, 15) is 4.79 Å². The summed E-state index contributed by atoms with van der Waals surface area (Å²) >= 11 is 0. The molecule has 1 saturated carbocycles. The number of rotatable bonds is 10. The fraction of sp³-hybridized carbons (Fsp3) is 0.929. The average Bonchev–Trinajstić information content (AvgIpc) is 3.17. The van der Waals surface area contributed by atoms with Crippen LogP contribution in [-0.4, -0.2) is 38.4 Å². The lowest BCUT2D eigenvalue weighted by molar-refractivity contribution is -0.150. The van der Waals surface area contributed by atoms with Crippen LogP contribution in [0.15, 0.2) is 0 Å². The predicted molar refractivity (Wildman–Crippen MR) is 71.5 cm³/mol. The van der Waals surface area contributed by atoms with Crippen molar-refractivity contribution in [2.45, 2.75) is 51.5 Å². The van der Waals surface area contributed by atoms with Crippen molar-refractivity contribution in [2.24, 2.45) is 5.92 Å². The third-order valence-electron chi connectivity index (χ3n) is 3.61. The van der Waals surface area contributed by atoms with Crippen LogP contribution in [0.1, 0.15) is 46.0 Å². The second-order valence-corrected chi connectivity index (χ2v) is 5.25. The lowest BCUT2D eigenvalue weighted by Crippen LogP contribution is -2.48. The van der Waals surface area contributed by atoms with Crippen molar-refractivity contribution in [3.63, 3.8) is 0 Å². The molecule has 1 aliphatic rings. The quantitative estimate of drug-likeness (QED) is 0.481. The van der Waals surface area contributed by atoms with Crippen molar-refractivity contribution in [3.05, 3.63) is 0 Å². The fourth-order valence-corrected chi connectivity index (χ4v) is 1.91. The van der Waals surface area contributed by atoms with E-state index in [4.69, 9.17) is 9.47 Å². The van der Waals surface area contributed by atoms with Crippen LogP contribution in [0.3, 0.4) is 0 Å². The van der Waals surface area contributed by atoms with Crippen LogP contribution in [0.5, 0.6) is 0 Å². The van der Waals surface area contributed by atoms with Gasteiger partial charge < -0.3 is 14.8 Å². The summed E-state index contributed by atoms with van der Waals surface area (Å²) in [5, 5.41) is 3.05. The van der Waals surface area contributed by atoms with Gasteiger partial charge in [0.25, 0.3) is 0 Å². The van der Waals surface area contributed by atoms with Crippen LogP contribution in [0, 0.1) is 5.92 Å². The Hall–Kier alpha value is -0.610. The van der Waals surface area contributed by atoms with Gasteiger partial charge in [0.15, 0.2) is 0 Å². The smallest absolute Gasteiger partial charge is 0.326 e. The molecule has 1 unspecified atom stereocenters. The van der Waals surface area contributed by atoms with Gasteiger partial charge in [-0.2, -0.15) is 0 Å². The summed E-state index contributed by atoms with van der Waals surface area (Å²) in [5.74, 6) is 0.748. The molecule has 4 heteroatoms. The molecule has 0 aromatic heterocycles. The Morgan fingerprint density at radius 1 is 1.39 bits per heavy atom. The summed E-state index contributed by atoms with van der Waals surface area (Å²) in [7, 11) is 1.80. The van der Waals surface area contributed by atoms with E-state index in [2.05, 4.69) is 5.32 Å². The van der Waals surface area contributed by atoms with E-state index in [-0.39, 0.29) is 5.97 Å². The molecule has 4 nitrogen and oxygen atoms in total. The van der Waals surface area contributed by atoms with Crippen molar-refractivity contribution in [1.29, 1.82) is 0 Å². The molecule has 0 bridgehead atoms. The number of carbonyl (C=O) groups is 1. The highest BCUT2D eigenvalue weighted by Crippen LogP contribution is 2.32. The van der Waals surface area contributed by atoms with Crippen molar-refractivity contribution in [2.75, 3.05) is 26.9 Å².